The highest BCUT2D eigenvalue weighted by molar-refractivity contribution is 8.13. The van der Waals surface area contributed by atoms with Gasteiger partial charge in [0.15, 0.2) is 0 Å². The fraction of sp³-hybridized carbons (Fsp3) is 0.714. The van der Waals surface area contributed by atoms with Crippen LogP contribution in [0.25, 0.3) is 0 Å². The van der Waals surface area contributed by atoms with E-state index in [1.165, 1.54) is 6.33 Å². The molecule has 1 aromatic heterocycles. The Balaban J connectivity index is 2.83. The van der Waals surface area contributed by atoms with Crippen molar-refractivity contribution < 1.29 is 8.42 Å². The maximum absolute atomic E-state index is 10.8. The summed E-state index contributed by atoms with van der Waals surface area (Å²) in [5.41, 5.74) is 0. The van der Waals surface area contributed by atoms with Crippen molar-refractivity contribution >= 4 is 19.7 Å². The van der Waals surface area contributed by atoms with E-state index >= 15 is 0 Å². The summed E-state index contributed by atoms with van der Waals surface area (Å²) >= 11 is 0. The van der Waals surface area contributed by atoms with E-state index in [4.69, 9.17) is 10.7 Å². The summed E-state index contributed by atoms with van der Waals surface area (Å²) in [5, 5.41) is 3.92. The molecule has 0 aliphatic carbocycles. The maximum atomic E-state index is 10.8. The summed E-state index contributed by atoms with van der Waals surface area (Å²) in [6.45, 7) is 4.67. The molecule has 0 unspecified atom stereocenters. The van der Waals surface area contributed by atoms with Crippen molar-refractivity contribution in [3.63, 3.8) is 0 Å². The van der Waals surface area contributed by atoms with Crippen molar-refractivity contribution in [2.24, 2.45) is 5.92 Å². The molecule has 0 saturated carbocycles. The van der Waals surface area contributed by atoms with Gasteiger partial charge in [0.2, 0.25) is 9.05 Å². The molecule has 7 heteroatoms. The van der Waals surface area contributed by atoms with Gasteiger partial charge in [-0.1, -0.05) is 13.8 Å². The number of halogens is 1. The average molecular weight is 238 g/mol. The van der Waals surface area contributed by atoms with E-state index in [0.29, 0.717) is 18.3 Å². The monoisotopic (exact) mass is 237 g/mol. The molecular weight excluding hydrogens is 226 g/mol. The molecule has 80 valence electrons. The van der Waals surface area contributed by atoms with Gasteiger partial charge in [0, 0.05) is 17.2 Å². The summed E-state index contributed by atoms with van der Waals surface area (Å²) in [4.78, 5) is 3.84. The van der Waals surface area contributed by atoms with Gasteiger partial charge in [-0.15, -0.1) is 0 Å². The molecule has 1 heterocycles. The van der Waals surface area contributed by atoms with E-state index in [9.17, 15) is 8.42 Å². The molecule has 0 atom stereocenters. The highest BCUT2D eigenvalue weighted by Gasteiger charge is 2.13. The van der Waals surface area contributed by atoms with Crippen LogP contribution in [-0.2, 0) is 21.3 Å². The zero-order valence-electron chi connectivity index (χ0n) is 8.01. The van der Waals surface area contributed by atoms with E-state index in [0.717, 1.165) is 0 Å². The molecule has 0 bridgehead atoms. The van der Waals surface area contributed by atoms with Crippen LogP contribution in [0.5, 0.6) is 0 Å². The van der Waals surface area contributed by atoms with Crippen molar-refractivity contribution in [3.05, 3.63) is 12.2 Å². The Bertz CT molecular complexity index is 399. The number of hydrogen-bond donors (Lipinski definition) is 0. The quantitative estimate of drug-likeness (QED) is 0.733. The van der Waals surface area contributed by atoms with Crippen LogP contribution in [0.2, 0.25) is 0 Å². The van der Waals surface area contributed by atoms with Gasteiger partial charge in [-0.25, -0.2) is 18.1 Å². The van der Waals surface area contributed by atoms with Crippen molar-refractivity contribution in [2.75, 3.05) is 0 Å². The van der Waals surface area contributed by atoms with Gasteiger partial charge >= 0.3 is 0 Å². The molecule has 1 aromatic rings. The minimum absolute atomic E-state index is 0.277. The van der Waals surface area contributed by atoms with Gasteiger partial charge in [0.1, 0.15) is 17.9 Å². The van der Waals surface area contributed by atoms with E-state index in [1.807, 2.05) is 13.8 Å². The lowest BCUT2D eigenvalue weighted by molar-refractivity contribution is 0.470. The molecule has 0 spiro atoms. The van der Waals surface area contributed by atoms with Gasteiger partial charge in [0.05, 0.1) is 0 Å². The second-order valence-corrected chi connectivity index (χ2v) is 6.21. The van der Waals surface area contributed by atoms with Crippen LogP contribution in [0.3, 0.4) is 0 Å². The Morgan fingerprint density at radius 1 is 1.57 bits per heavy atom. The standard InChI is InChI=1S/C7H12ClN3O2S/c1-6(2)3-11-7(9-5-10-11)4-14(8,12)13/h5-6H,3-4H2,1-2H3. The lowest BCUT2D eigenvalue weighted by Gasteiger charge is -2.06. The first-order valence-electron chi connectivity index (χ1n) is 4.17. The van der Waals surface area contributed by atoms with Gasteiger partial charge < -0.3 is 0 Å². The largest absolute Gasteiger partial charge is 0.249 e. The number of aromatic nitrogens is 3. The molecule has 5 nitrogen and oxygen atoms in total. The molecule has 0 amide bonds. The van der Waals surface area contributed by atoms with Crippen LogP contribution in [0, 0.1) is 5.92 Å². The third-order valence-electron chi connectivity index (χ3n) is 1.54. The first-order chi connectivity index (χ1) is 6.38. The van der Waals surface area contributed by atoms with Crippen LogP contribution >= 0.6 is 10.7 Å². The van der Waals surface area contributed by atoms with E-state index < -0.39 is 9.05 Å². The summed E-state index contributed by atoms with van der Waals surface area (Å²) < 4.78 is 23.2. The minimum atomic E-state index is -3.56. The van der Waals surface area contributed by atoms with E-state index in [-0.39, 0.29) is 5.75 Å². The Hall–Kier alpha value is -0.620. The van der Waals surface area contributed by atoms with Crippen LogP contribution in [0.4, 0.5) is 0 Å². The highest BCUT2D eigenvalue weighted by atomic mass is 35.7. The third-order valence-corrected chi connectivity index (χ3v) is 2.47. The van der Waals surface area contributed by atoms with Crippen LogP contribution in [0.1, 0.15) is 19.7 Å². The number of nitrogens with zero attached hydrogens (tertiary/aromatic N) is 3. The van der Waals surface area contributed by atoms with Gasteiger partial charge in [-0.2, -0.15) is 5.10 Å². The molecule has 0 aliphatic rings. The van der Waals surface area contributed by atoms with Crippen LogP contribution in [-0.4, -0.2) is 23.2 Å². The predicted octanol–water partition coefficient (Wildman–Crippen LogP) is 1.00. The maximum Gasteiger partial charge on any atom is 0.239 e. The minimum Gasteiger partial charge on any atom is -0.249 e. The summed E-state index contributed by atoms with van der Waals surface area (Å²) in [6, 6.07) is 0. The lowest BCUT2D eigenvalue weighted by atomic mass is 10.2. The Morgan fingerprint density at radius 3 is 2.71 bits per heavy atom. The van der Waals surface area contributed by atoms with Crippen LogP contribution in [0.15, 0.2) is 6.33 Å². The van der Waals surface area contributed by atoms with Gasteiger partial charge in [-0.3, -0.25) is 0 Å². The zero-order valence-corrected chi connectivity index (χ0v) is 9.59. The molecule has 0 aromatic carbocycles. The fourth-order valence-electron chi connectivity index (χ4n) is 1.05. The van der Waals surface area contributed by atoms with Crippen LogP contribution < -0.4 is 0 Å². The Morgan fingerprint density at radius 2 is 2.21 bits per heavy atom. The zero-order chi connectivity index (χ0) is 10.8. The van der Waals surface area contributed by atoms with Crippen molar-refractivity contribution in [3.8, 4) is 0 Å². The van der Waals surface area contributed by atoms with E-state index in [2.05, 4.69) is 10.1 Å². The Labute approximate surface area is 87.5 Å². The SMILES string of the molecule is CC(C)Cn1ncnc1CS(=O)(=O)Cl. The summed E-state index contributed by atoms with van der Waals surface area (Å²) in [7, 11) is 1.57. The fourth-order valence-corrected chi connectivity index (χ4v) is 1.88. The molecule has 0 aliphatic heterocycles. The molecule has 14 heavy (non-hydrogen) atoms. The summed E-state index contributed by atoms with van der Waals surface area (Å²) in [6.07, 6.45) is 1.33. The highest BCUT2D eigenvalue weighted by Crippen LogP contribution is 2.08. The van der Waals surface area contributed by atoms with Crippen molar-refractivity contribution in [1.29, 1.82) is 0 Å². The second kappa shape index (κ2) is 4.27. The van der Waals surface area contributed by atoms with E-state index in [1.54, 1.807) is 4.68 Å². The number of hydrogen-bond acceptors (Lipinski definition) is 4. The smallest absolute Gasteiger partial charge is 0.239 e. The lowest BCUT2D eigenvalue weighted by Crippen LogP contribution is -2.12. The molecule has 0 radical (unpaired) electrons. The Kier molecular flexibility index (Phi) is 3.49. The second-order valence-electron chi connectivity index (χ2n) is 3.44. The number of rotatable bonds is 4. The average Bonchev–Trinajstić information content (AvgIpc) is 2.32. The van der Waals surface area contributed by atoms with Gasteiger partial charge in [-0.05, 0) is 5.92 Å². The van der Waals surface area contributed by atoms with Crippen molar-refractivity contribution in [1.82, 2.24) is 14.8 Å². The molecular formula is C7H12ClN3O2S. The van der Waals surface area contributed by atoms with Gasteiger partial charge in [0.25, 0.3) is 0 Å². The molecule has 0 fully saturated rings. The predicted molar refractivity (Wildman–Crippen MR) is 53.3 cm³/mol. The normalized spacial score (nSPS) is 12.3. The third kappa shape index (κ3) is 3.63. The van der Waals surface area contributed by atoms with Crippen molar-refractivity contribution in [2.45, 2.75) is 26.1 Å². The molecule has 0 saturated heterocycles. The molecule has 0 N–H and O–H groups in total. The first-order valence-corrected chi connectivity index (χ1v) is 6.65. The summed E-state index contributed by atoms with van der Waals surface area (Å²) in [5.74, 6) is 0.489. The molecule has 1 rings (SSSR count). The topological polar surface area (TPSA) is 64.8 Å². The first kappa shape index (κ1) is 11.5.